The van der Waals surface area contributed by atoms with Crippen LogP contribution in [0.1, 0.15) is 0 Å². The molecule has 2 heterocycles. The first kappa shape index (κ1) is 9.09. The lowest BCUT2D eigenvalue weighted by atomic mass is 10.1. The van der Waals surface area contributed by atoms with Crippen molar-refractivity contribution in [1.29, 1.82) is 0 Å². The molecule has 3 heteroatoms. The molecule has 1 N–H and O–H groups in total. The fourth-order valence-electron chi connectivity index (χ4n) is 1.77. The molecule has 0 aliphatic rings. The molecule has 0 spiro atoms. The van der Waals surface area contributed by atoms with E-state index >= 15 is 0 Å². The van der Waals surface area contributed by atoms with Crippen LogP contribution in [0.15, 0.2) is 48.7 Å². The molecule has 0 aliphatic heterocycles. The summed E-state index contributed by atoms with van der Waals surface area (Å²) in [7, 11) is 0. The van der Waals surface area contributed by atoms with E-state index in [-0.39, 0.29) is 5.95 Å². The highest BCUT2D eigenvalue weighted by atomic mass is 19.1. The predicted octanol–water partition coefficient (Wildman–Crippen LogP) is 3.37. The van der Waals surface area contributed by atoms with Gasteiger partial charge in [-0.15, -0.1) is 0 Å². The minimum atomic E-state index is -0.354. The van der Waals surface area contributed by atoms with Gasteiger partial charge in [-0.2, -0.15) is 4.39 Å². The molecule has 0 saturated heterocycles. The number of nitrogens with one attached hydrogen (secondary N) is 1. The van der Waals surface area contributed by atoms with Crippen LogP contribution in [0.3, 0.4) is 0 Å². The fourth-order valence-corrected chi connectivity index (χ4v) is 1.77. The van der Waals surface area contributed by atoms with Crippen molar-refractivity contribution in [2.45, 2.75) is 0 Å². The third kappa shape index (κ3) is 1.46. The van der Waals surface area contributed by atoms with Gasteiger partial charge in [0.1, 0.15) is 5.65 Å². The number of halogens is 1. The number of rotatable bonds is 1. The molecule has 3 aromatic rings. The van der Waals surface area contributed by atoms with E-state index in [9.17, 15) is 4.39 Å². The number of aromatic amines is 1. The van der Waals surface area contributed by atoms with Crippen LogP contribution in [0.5, 0.6) is 0 Å². The molecule has 78 valence electrons. The van der Waals surface area contributed by atoms with Crippen molar-refractivity contribution in [2.75, 3.05) is 0 Å². The molecule has 1 aromatic carbocycles. The third-order valence-corrected chi connectivity index (χ3v) is 2.54. The van der Waals surface area contributed by atoms with Crippen molar-refractivity contribution in [1.82, 2.24) is 9.97 Å². The summed E-state index contributed by atoms with van der Waals surface area (Å²) in [4.78, 5) is 6.74. The first-order chi connectivity index (χ1) is 7.83. The number of nitrogens with zero attached hydrogens (tertiary/aromatic N) is 1. The Morgan fingerprint density at radius 1 is 1.00 bits per heavy atom. The lowest BCUT2D eigenvalue weighted by molar-refractivity contribution is 0.594. The topological polar surface area (TPSA) is 28.7 Å². The van der Waals surface area contributed by atoms with Crippen molar-refractivity contribution < 1.29 is 4.39 Å². The summed E-state index contributed by atoms with van der Waals surface area (Å²) in [6.45, 7) is 0. The average Bonchev–Trinajstić information content (AvgIpc) is 2.69. The number of pyridine rings is 1. The van der Waals surface area contributed by atoms with Gasteiger partial charge in [0.2, 0.25) is 0 Å². The normalized spacial score (nSPS) is 10.8. The highest BCUT2D eigenvalue weighted by Gasteiger charge is 2.03. The van der Waals surface area contributed by atoms with Crippen LogP contribution in [-0.4, -0.2) is 9.97 Å². The van der Waals surface area contributed by atoms with Gasteiger partial charge in [0, 0.05) is 23.2 Å². The zero-order chi connectivity index (χ0) is 11.0. The van der Waals surface area contributed by atoms with Gasteiger partial charge in [-0.1, -0.05) is 30.3 Å². The van der Waals surface area contributed by atoms with Crippen molar-refractivity contribution in [3.63, 3.8) is 0 Å². The molecule has 0 aliphatic carbocycles. The quantitative estimate of drug-likeness (QED) is 0.658. The predicted molar refractivity (Wildman–Crippen MR) is 61.5 cm³/mol. The van der Waals surface area contributed by atoms with Crippen molar-refractivity contribution in [3.05, 3.63) is 54.6 Å². The van der Waals surface area contributed by atoms with E-state index in [1.165, 1.54) is 6.07 Å². The minimum Gasteiger partial charge on any atom is -0.316 e. The molecule has 0 bridgehead atoms. The minimum absolute atomic E-state index is 0.354. The fraction of sp³-hybridized carbons (Fsp3) is 0. The Bertz CT molecular complexity index is 629. The molecular formula is C13H9FN2. The summed E-state index contributed by atoms with van der Waals surface area (Å²) in [5, 5.41) is 0.791. The maximum atomic E-state index is 13.0. The van der Waals surface area contributed by atoms with E-state index in [1.807, 2.05) is 36.4 Å². The molecule has 0 saturated carbocycles. The van der Waals surface area contributed by atoms with Crippen molar-refractivity contribution in [3.8, 4) is 11.1 Å². The Balaban J connectivity index is 2.18. The van der Waals surface area contributed by atoms with E-state index in [0.717, 1.165) is 16.5 Å². The van der Waals surface area contributed by atoms with Crippen LogP contribution in [0, 0.1) is 5.95 Å². The highest BCUT2D eigenvalue weighted by Crippen LogP contribution is 2.22. The summed E-state index contributed by atoms with van der Waals surface area (Å²) >= 11 is 0. The van der Waals surface area contributed by atoms with Crippen LogP contribution >= 0.6 is 0 Å². The van der Waals surface area contributed by atoms with E-state index < -0.39 is 0 Å². The van der Waals surface area contributed by atoms with Gasteiger partial charge < -0.3 is 4.98 Å². The Kier molecular flexibility index (Phi) is 1.96. The summed E-state index contributed by atoms with van der Waals surface area (Å²) in [5.74, 6) is -0.354. The van der Waals surface area contributed by atoms with Gasteiger partial charge in [0.25, 0.3) is 0 Å². The first-order valence-corrected chi connectivity index (χ1v) is 5.02. The summed E-state index contributed by atoms with van der Waals surface area (Å²) in [6.07, 6.45) is 1.74. The number of benzene rings is 1. The van der Waals surface area contributed by atoms with Crippen LogP contribution < -0.4 is 0 Å². The van der Waals surface area contributed by atoms with Crippen molar-refractivity contribution in [2.24, 2.45) is 0 Å². The van der Waals surface area contributed by atoms with Gasteiger partial charge in [0.15, 0.2) is 5.95 Å². The Morgan fingerprint density at radius 2 is 1.81 bits per heavy atom. The average molecular weight is 212 g/mol. The molecule has 0 unspecified atom stereocenters. The molecule has 0 amide bonds. The second-order valence-corrected chi connectivity index (χ2v) is 3.65. The number of aromatic nitrogens is 2. The van der Waals surface area contributed by atoms with E-state index in [4.69, 9.17) is 0 Å². The van der Waals surface area contributed by atoms with Gasteiger partial charge in [-0.3, -0.25) is 0 Å². The zero-order valence-corrected chi connectivity index (χ0v) is 8.44. The number of H-pyrrole nitrogens is 1. The van der Waals surface area contributed by atoms with Gasteiger partial charge >= 0.3 is 0 Å². The van der Waals surface area contributed by atoms with E-state index in [1.54, 1.807) is 6.20 Å². The number of fused-ring (bicyclic) bond motifs is 1. The number of hydrogen-bond donors (Lipinski definition) is 1. The largest absolute Gasteiger partial charge is 0.316 e. The number of hydrogen-bond acceptors (Lipinski definition) is 1. The lowest BCUT2D eigenvalue weighted by Gasteiger charge is -2.00. The van der Waals surface area contributed by atoms with Gasteiger partial charge in [-0.05, 0) is 11.6 Å². The molecule has 2 nitrogen and oxygen atoms in total. The molecule has 3 rings (SSSR count). The Labute approximate surface area is 91.8 Å². The molecule has 0 fully saturated rings. The molecule has 2 aromatic heterocycles. The first-order valence-electron chi connectivity index (χ1n) is 5.02. The summed E-state index contributed by atoms with van der Waals surface area (Å²) in [5.41, 5.74) is 2.66. The third-order valence-electron chi connectivity index (χ3n) is 2.54. The SMILES string of the molecule is Fc1cc2cc(-c3ccccc3)cnc2[nH]1. The second kappa shape index (κ2) is 3.45. The Hall–Kier alpha value is -2.16. The van der Waals surface area contributed by atoms with Crippen LogP contribution in [0.25, 0.3) is 22.2 Å². The lowest BCUT2D eigenvalue weighted by Crippen LogP contribution is -1.80. The van der Waals surface area contributed by atoms with E-state index in [0.29, 0.717) is 5.65 Å². The van der Waals surface area contributed by atoms with Crippen LogP contribution in [0.4, 0.5) is 4.39 Å². The summed E-state index contributed by atoms with van der Waals surface area (Å²) < 4.78 is 13.0. The van der Waals surface area contributed by atoms with E-state index in [2.05, 4.69) is 9.97 Å². The monoisotopic (exact) mass is 212 g/mol. The van der Waals surface area contributed by atoms with Crippen LogP contribution in [0.2, 0.25) is 0 Å². The maximum Gasteiger partial charge on any atom is 0.193 e. The Morgan fingerprint density at radius 3 is 2.62 bits per heavy atom. The highest BCUT2D eigenvalue weighted by molar-refractivity contribution is 5.81. The standard InChI is InChI=1S/C13H9FN2/c14-12-7-10-6-11(8-15-13(10)16-12)9-4-2-1-3-5-9/h1-8H,(H,15,16). The molecule has 0 radical (unpaired) electrons. The molecule has 0 atom stereocenters. The van der Waals surface area contributed by atoms with Gasteiger partial charge in [-0.25, -0.2) is 4.98 Å². The maximum absolute atomic E-state index is 13.0. The second-order valence-electron chi connectivity index (χ2n) is 3.65. The molecule has 16 heavy (non-hydrogen) atoms. The summed E-state index contributed by atoms with van der Waals surface area (Å²) in [6, 6.07) is 13.3. The molecular weight excluding hydrogens is 203 g/mol. The smallest absolute Gasteiger partial charge is 0.193 e. The zero-order valence-electron chi connectivity index (χ0n) is 8.44. The van der Waals surface area contributed by atoms with Gasteiger partial charge in [0.05, 0.1) is 0 Å². The van der Waals surface area contributed by atoms with Crippen molar-refractivity contribution >= 4 is 11.0 Å². The van der Waals surface area contributed by atoms with Crippen LogP contribution in [-0.2, 0) is 0 Å².